The quantitative estimate of drug-likeness (QED) is 0.511. The summed E-state index contributed by atoms with van der Waals surface area (Å²) in [6, 6.07) is 14.7. The summed E-state index contributed by atoms with van der Waals surface area (Å²) in [6.45, 7) is 6.34. The fourth-order valence-electron chi connectivity index (χ4n) is 8.25. The highest BCUT2D eigenvalue weighted by Crippen LogP contribution is 2.65. The first-order valence-electron chi connectivity index (χ1n) is 13.9. The van der Waals surface area contributed by atoms with Gasteiger partial charge in [0.2, 0.25) is 0 Å². The number of rotatable bonds is 5. The second kappa shape index (κ2) is 9.42. The van der Waals surface area contributed by atoms with Crippen LogP contribution in [0.3, 0.4) is 0 Å². The summed E-state index contributed by atoms with van der Waals surface area (Å²) in [5.41, 5.74) is 3.75. The molecule has 4 aliphatic rings. The van der Waals surface area contributed by atoms with Gasteiger partial charge >= 0.3 is 0 Å². The molecule has 0 radical (unpaired) electrons. The molecule has 2 aromatic rings. The van der Waals surface area contributed by atoms with Gasteiger partial charge in [0.25, 0.3) is 0 Å². The lowest BCUT2D eigenvalue weighted by Crippen LogP contribution is -2.46. The van der Waals surface area contributed by atoms with Crippen molar-refractivity contribution in [3.05, 3.63) is 59.2 Å². The van der Waals surface area contributed by atoms with E-state index in [1.165, 1.54) is 49.0 Å². The van der Waals surface area contributed by atoms with E-state index in [2.05, 4.69) is 42.2 Å². The van der Waals surface area contributed by atoms with E-state index >= 15 is 4.39 Å². The van der Waals surface area contributed by atoms with Crippen LogP contribution in [-0.4, -0.2) is 42.4 Å². The van der Waals surface area contributed by atoms with Gasteiger partial charge in [-0.25, -0.2) is 4.39 Å². The van der Waals surface area contributed by atoms with E-state index in [1.807, 2.05) is 12.1 Å². The number of aryl methyl sites for hydroxylation is 1. The van der Waals surface area contributed by atoms with Crippen LogP contribution in [0.1, 0.15) is 80.4 Å². The Kier molecular flexibility index (Phi) is 6.28. The van der Waals surface area contributed by atoms with E-state index < -0.39 is 6.17 Å². The lowest BCUT2D eigenvalue weighted by Gasteiger charge is -2.53. The molecule has 2 saturated carbocycles. The molecule has 6 rings (SSSR count). The second-order valence-corrected chi connectivity index (χ2v) is 11.9. The molecular formula is C31H40FNO2. The number of ether oxygens (including phenoxy) is 1. The second-order valence-electron chi connectivity index (χ2n) is 11.9. The molecule has 0 spiro atoms. The highest BCUT2D eigenvalue weighted by molar-refractivity contribution is 5.43. The van der Waals surface area contributed by atoms with E-state index in [-0.39, 0.29) is 5.41 Å². The number of hydrogen-bond donors (Lipinski definition) is 1. The SMILES string of the molecule is CC12CC(c3ccc(OCCN4CCCCC4)cc3)C3c4ccc(O)cc4CCC3C1CCC2F. The minimum atomic E-state index is -0.699. The van der Waals surface area contributed by atoms with Crippen LogP contribution >= 0.6 is 0 Å². The van der Waals surface area contributed by atoms with Gasteiger partial charge in [-0.05, 0) is 123 Å². The van der Waals surface area contributed by atoms with Crippen LogP contribution in [0.2, 0.25) is 0 Å². The molecule has 0 aromatic heterocycles. The van der Waals surface area contributed by atoms with E-state index in [4.69, 9.17) is 4.74 Å². The Balaban J connectivity index is 1.25. The molecule has 2 aromatic carbocycles. The Hall–Kier alpha value is -2.07. The average molecular weight is 478 g/mol. The van der Waals surface area contributed by atoms with Crippen molar-refractivity contribution in [2.45, 2.75) is 76.3 Å². The molecule has 0 amide bonds. The van der Waals surface area contributed by atoms with Crippen LogP contribution in [0, 0.1) is 17.3 Å². The lowest BCUT2D eigenvalue weighted by atomic mass is 9.51. The summed E-state index contributed by atoms with van der Waals surface area (Å²) < 4.78 is 21.4. The molecule has 3 fully saturated rings. The number of hydrogen-bond acceptors (Lipinski definition) is 3. The number of piperidine rings is 1. The average Bonchev–Trinajstić information content (AvgIpc) is 3.18. The van der Waals surface area contributed by atoms with Gasteiger partial charge in [0.05, 0.1) is 0 Å². The lowest BCUT2D eigenvalue weighted by molar-refractivity contribution is 0.00138. The van der Waals surface area contributed by atoms with Gasteiger partial charge in [-0.3, -0.25) is 4.90 Å². The Morgan fingerprint density at radius 1 is 1.03 bits per heavy atom. The van der Waals surface area contributed by atoms with E-state index in [0.717, 1.165) is 44.6 Å². The van der Waals surface area contributed by atoms with Crippen LogP contribution in [0.4, 0.5) is 4.39 Å². The summed E-state index contributed by atoms with van der Waals surface area (Å²) in [6.07, 6.45) is 7.99. The van der Waals surface area contributed by atoms with Crippen molar-refractivity contribution < 1.29 is 14.2 Å². The number of halogens is 1. The zero-order chi connectivity index (χ0) is 24.0. The Morgan fingerprint density at radius 3 is 2.63 bits per heavy atom. The Morgan fingerprint density at radius 2 is 1.83 bits per heavy atom. The third-order valence-corrected chi connectivity index (χ3v) is 10.0. The Labute approximate surface area is 209 Å². The normalized spacial score (nSPS) is 34.6. The minimum Gasteiger partial charge on any atom is -0.508 e. The molecule has 1 N–H and O–H groups in total. The number of alkyl halides is 1. The van der Waals surface area contributed by atoms with Crippen molar-refractivity contribution in [3.63, 3.8) is 0 Å². The van der Waals surface area contributed by atoms with Crippen molar-refractivity contribution >= 4 is 0 Å². The topological polar surface area (TPSA) is 32.7 Å². The molecule has 1 saturated heterocycles. The minimum absolute atomic E-state index is 0.232. The predicted octanol–water partition coefficient (Wildman–Crippen LogP) is 6.84. The number of nitrogens with zero attached hydrogens (tertiary/aromatic N) is 1. The number of fused-ring (bicyclic) bond motifs is 5. The number of likely N-dealkylation sites (tertiary alicyclic amines) is 1. The molecule has 3 aliphatic carbocycles. The number of phenolic OH excluding ortho intramolecular Hbond substituents is 1. The highest BCUT2D eigenvalue weighted by atomic mass is 19.1. The highest BCUT2D eigenvalue weighted by Gasteiger charge is 2.58. The zero-order valence-electron chi connectivity index (χ0n) is 21.1. The maximum atomic E-state index is 15.3. The van der Waals surface area contributed by atoms with Gasteiger partial charge in [0.1, 0.15) is 24.3 Å². The molecule has 1 heterocycles. The summed E-state index contributed by atoms with van der Waals surface area (Å²) >= 11 is 0. The maximum absolute atomic E-state index is 15.3. The molecule has 1 aliphatic heterocycles. The summed E-state index contributed by atoms with van der Waals surface area (Å²) in [4.78, 5) is 2.50. The third kappa shape index (κ3) is 4.26. The molecule has 3 nitrogen and oxygen atoms in total. The van der Waals surface area contributed by atoms with Crippen molar-refractivity contribution in [1.82, 2.24) is 4.90 Å². The Bertz CT molecular complexity index is 1030. The number of benzene rings is 2. The van der Waals surface area contributed by atoms with Crippen molar-refractivity contribution in [2.75, 3.05) is 26.2 Å². The van der Waals surface area contributed by atoms with Crippen molar-refractivity contribution in [3.8, 4) is 11.5 Å². The van der Waals surface area contributed by atoms with Crippen molar-refractivity contribution in [2.24, 2.45) is 17.3 Å². The molecular weight excluding hydrogens is 437 g/mol. The van der Waals surface area contributed by atoms with Crippen LogP contribution in [0.5, 0.6) is 11.5 Å². The molecule has 6 unspecified atom stereocenters. The van der Waals surface area contributed by atoms with Gasteiger partial charge in [-0.15, -0.1) is 0 Å². The first kappa shape index (κ1) is 23.3. The maximum Gasteiger partial charge on any atom is 0.119 e. The van der Waals surface area contributed by atoms with Crippen LogP contribution in [0.25, 0.3) is 0 Å². The van der Waals surface area contributed by atoms with Gasteiger partial charge in [-0.2, -0.15) is 0 Å². The summed E-state index contributed by atoms with van der Waals surface area (Å²) in [7, 11) is 0. The standard InChI is InChI=1S/C31H40FNO2/c1-31-20-27(21-5-9-24(10-6-21)35-18-17-33-15-3-2-4-16-33)30-25-12-8-23(34)19-22(25)7-11-26(30)28(31)13-14-29(31)32/h5-6,8-10,12,19,26-30,34H,2-4,7,11,13-18,20H2,1H3. The third-order valence-electron chi connectivity index (χ3n) is 10.0. The van der Waals surface area contributed by atoms with E-state index in [0.29, 0.717) is 35.8 Å². The smallest absolute Gasteiger partial charge is 0.119 e. The molecule has 4 heteroatoms. The predicted molar refractivity (Wildman–Crippen MR) is 138 cm³/mol. The summed E-state index contributed by atoms with van der Waals surface area (Å²) in [5, 5.41) is 10.1. The fraction of sp³-hybridized carbons (Fsp3) is 0.613. The molecule has 35 heavy (non-hydrogen) atoms. The van der Waals surface area contributed by atoms with Gasteiger partial charge < -0.3 is 9.84 Å². The van der Waals surface area contributed by atoms with E-state index in [1.54, 1.807) is 0 Å². The monoisotopic (exact) mass is 477 g/mol. The molecule has 6 atom stereocenters. The molecule has 188 valence electrons. The molecule has 0 bridgehead atoms. The van der Waals surface area contributed by atoms with Gasteiger partial charge in [-0.1, -0.05) is 31.5 Å². The largest absolute Gasteiger partial charge is 0.508 e. The van der Waals surface area contributed by atoms with Crippen LogP contribution < -0.4 is 4.74 Å². The first-order valence-corrected chi connectivity index (χ1v) is 13.9. The van der Waals surface area contributed by atoms with Crippen LogP contribution in [0.15, 0.2) is 42.5 Å². The van der Waals surface area contributed by atoms with Crippen LogP contribution in [-0.2, 0) is 6.42 Å². The van der Waals surface area contributed by atoms with Crippen molar-refractivity contribution in [1.29, 1.82) is 0 Å². The van der Waals surface area contributed by atoms with E-state index in [9.17, 15) is 5.11 Å². The zero-order valence-corrected chi connectivity index (χ0v) is 21.1. The fourth-order valence-corrected chi connectivity index (χ4v) is 8.25. The number of aromatic hydroxyl groups is 1. The van der Waals surface area contributed by atoms with Gasteiger partial charge in [0, 0.05) is 12.0 Å². The van der Waals surface area contributed by atoms with Gasteiger partial charge in [0.15, 0.2) is 0 Å². The first-order chi connectivity index (χ1) is 17.0. The number of phenols is 1. The summed E-state index contributed by atoms with van der Waals surface area (Å²) in [5.74, 6) is 2.95.